The lowest BCUT2D eigenvalue weighted by Gasteiger charge is -2.40. The minimum Gasteiger partial charge on any atom is -0.330 e. The van der Waals surface area contributed by atoms with Crippen molar-refractivity contribution in [3.05, 3.63) is 0 Å². The molecule has 2 saturated heterocycles. The van der Waals surface area contributed by atoms with E-state index in [1.807, 2.05) is 0 Å². The van der Waals surface area contributed by atoms with Gasteiger partial charge in [-0.25, -0.2) is 0 Å². The van der Waals surface area contributed by atoms with Crippen LogP contribution in [-0.4, -0.2) is 55.1 Å². The van der Waals surface area contributed by atoms with Gasteiger partial charge >= 0.3 is 0 Å². The highest BCUT2D eigenvalue weighted by Crippen LogP contribution is 2.23. The summed E-state index contributed by atoms with van der Waals surface area (Å²) in [4.78, 5) is 5.25. The van der Waals surface area contributed by atoms with Crippen LogP contribution in [0, 0.1) is 5.92 Å². The Morgan fingerprint density at radius 2 is 2.00 bits per heavy atom. The second-order valence-electron chi connectivity index (χ2n) is 6.44. The SMILES string of the molecule is CC1CCC(CN)CN1CCC1CCCCN1C. The molecule has 106 valence electrons. The number of rotatable bonds is 4. The van der Waals surface area contributed by atoms with E-state index in [1.54, 1.807) is 0 Å². The van der Waals surface area contributed by atoms with Gasteiger partial charge in [0.15, 0.2) is 0 Å². The van der Waals surface area contributed by atoms with Gasteiger partial charge in [-0.3, -0.25) is 0 Å². The summed E-state index contributed by atoms with van der Waals surface area (Å²) in [6, 6.07) is 1.59. The maximum absolute atomic E-state index is 5.84. The molecule has 2 N–H and O–H groups in total. The molecular weight excluding hydrogens is 222 g/mol. The summed E-state index contributed by atoms with van der Waals surface area (Å²) < 4.78 is 0. The number of nitrogens with two attached hydrogens (primary N) is 1. The standard InChI is InChI=1S/C15H31N3/c1-13-6-7-14(11-16)12-18(13)10-8-15-5-3-4-9-17(15)2/h13-15H,3-12,16H2,1-2H3. The van der Waals surface area contributed by atoms with E-state index >= 15 is 0 Å². The molecule has 0 bridgehead atoms. The molecule has 3 atom stereocenters. The molecule has 2 rings (SSSR count). The summed E-state index contributed by atoms with van der Waals surface area (Å²) in [6.45, 7) is 7.05. The number of likely N-dealkylation sites (tertiary alicyclic amines) is 2. The van der Waals surface area contributed by atoms with Crippen LogP contribution in [0.4, 0.5) is 0 Å². The van der Waals surface area contributed by atoms with Crippen LogP contribution in [0.3, 0.4) is 0 Å². The van der Waals surface area contributed by atoms with Crippen LogP contribution in [0.5, 0.6) is 0 Å². The monoisotopic (exact) mass is 253 g/mol. The highest BCUT2D eigenvalue weighted by molar-refractivity contribution is 4.82. The van der Waals surface area contributed by atoms with E-state index in [0.717, 1.165) is 24.5 Å². The van der Waals surface area contributed by atoms with Gasteiger partial charge in [0.05, 0.1) is 0 Å². The minimum absolute atomic E-state index is 0.741. The van der Waals surface area contributed by atoms with Crippen LogP contribution in [0.25, 0.3) is 0 Å². The Labute approximate surface area is 113 Å². The van der Waals surface area contributed by atoms with Crippen molar-refractivity contribution < 1.29 is 0 Å². The summed E-state index contributed by atoms with van der Waals surface area (Å²) in [5, 5.41) is 0. The molecule has 2 fully saturated rings. The van der Waals surface area contributed by atoms with Crippen molar-refractivity contribution in [2.45, 2.75) is 57.5 Å². The molecule has 0 saturated carbocycles. The normalized spacial score (nSPS) is 35.8. The van der Waals surface area contributed by atoms with E-state index in [0.29, 0.717) is 0 Å². The molecule has 3 heteroatoms. The first kappa shape index (κ1) is 14.3. The van der Waals surface area contributed by atoms with Crippen molar-refractivity contribution in [3.63, 3.8) is 0 Å². The first-order valence-electron chi connectivity index (χ1n) is 7.85. The first-order chi connectivity index (χ1) is 8.70. The molecule has 0 radical (unpaired) electrons. The molecule has 2 aliphatic heterocycles. The van der Waals surface area contributed by atoms with Crippen LogP contribution in [0.15, 0.2) is 0 Å². The Hall–Kier alpha value is -0.120. The highest BCUT2D eigenvalue weighted by Gasteiger charge is 2.26. The first-order valence-corrected chi connectivity index (χ1v) is 7.85. The van der Waals surface area contributed by atoms with Crippen molar-refractivity contribution in [2.24, 2.45) is 11.7 Å². The van der Waals surface area contributed by atoms with Gasteiger partial charge < -0.3 is 15.5 Å². The van der Waals surface area contributed by atoms with E-state index in [2.05, 4.69) is 23.8 Å². The smallest absolute Gasteiger partial charge is 0.0104 e. The van der Waals surface area contributed by atoms with Crippen LogP contribution < -0.4 is 5.73 Å². The third-order valence-electron chi connectivity index (χ3n) is 5.11. The Balaban J connectivity index is 1.77. The summed E-state index contributed by atoms with van der Waals surface area (Å²) in [6.07, 6.45) is 8.23. The number of hydrogen-bond acceptors (Lipinski definition) is 3. The third-order valence-corrected chi connectivity index (χ3v) is 5.11. The predicted octanol–water partition coefficient (Wildman–Crippen LogP) is 1.92. The van der Waals surface area contributed by atoms with Crippen molar-refractivity contribution in [1.82, 2.24) is 9.80 Å². The molecule has 0 spiro atoms. The molecule has 0 aromatic carbocycles. The fourth-order valence-electron chi connectivity index (χ4n) is 3.59. The van der Waals surface area contributed by atoms with E-state index < -0.39 is 0 Å². The molecule has 2 aliphatic rings. The molecule has 0 aliphatic carbocycles. The Morgan fingerprint density at radius 3 is 2.72 bits per heavy atom. The predicted molar refractivity (Wildman–Crippen MR) is 77.7 cm³/mol. The van der Waals surface area contributed by atoms with E-state index in [9.17, 15) is 0 Å². The van der Waals surface area contributed by atoms with Crippen LogP contribution in [-0.2, 0) is 0 Å². The molecule has 0 amide bonds. The number of nitrogens with zero attached hydrogens (tertiary/aromatic N) is 2. The number of piperidine rings is 2. The van der Waals surface area contributed by atoms with Gasteiger partial charge in [-0.15, -0.1) is 0 Å². The lowest BCUT2D eigenvalue weighted by Crippen LogP contribution is -2.46. The molecule has 3 nitrogen and oxygen atoms in total. The van der Waals surface area contributed by atoms with Gasteiger partial charge in [0.1, 0.15) is 0 Å². The topological polar surface area (TPSA) is 32.5 Å². The maximum atomic E-state index is 5.84. The molecule has 2 heterocycles. The van der Waals surface area contributed by atoms with Gasteiger partial charge in [-0.05, 0) is 71.6 Å². The van der Waals surface area contributed by atoms with Gasteiger partial charge in [0.25, 0.3) is 0 Å². The Morgan fingerprint density at radius 1 is 1.17 bits per heavy atom. The Kier molecular flexibility index (Phi) is 5.46. The average molecular weight is 253 g/mol. The molecule has 0 aromatic heterocycles. The van der Waals surface area contributed by atoms with Gasteiger partial charge in [-0.2, -0.15) is 0 Å². The zero-order valence-electron chi connectivity index (χ0n) is 12.3. The second-order valence-corrected chi connectivity index (χ2v) is 6.44. The fraction of sp³-hybridized carbons (Fsp3) is 1.00. The quantitative estimate of drug-likeness (QED) is 0.831. The Bertz CT molecular complexity index is 244. The molecule has 0 aromatic rings. The van der Waals surface area contributed by atoms with Gasteiger partial charge in [0.2, 0.25) is 0 Å². The average Bonchev–Trinajstić information content (AvgIpc) is 2.39. The van der Waals surface area contributed by atoms with Crippen LogP contribution in [0.2, 0.25) is 0 Å². The third kappa shape index (κ3) is 3.69. The summed E-state index contributed by atoms with van der Waals surface area (Å²) in [5.41, 5.74) is 5.84. The summed E-state index contributed by atoms with van der Waals surface area (Å²) in [7, 11) is 2.30. The van der Waals surface area contributed by atoms with Gasteiger partial charge in [0, 0.05) is 18.6 Å². The zero-order valence-corrected chi connectivity index (χ0v) is 12.3. The molecule has 18 heavy (non-hydrogen) atoms. The van der Waals surface area contributed by atoms with Crippen molar-refractivity contribution >= 4 is 0 Å². The summed E-state index contributed by atoms with van der Waals surface area (Å²) >= 11 is 0. The highest BCUT2D eigenvalue weighted by atomic mass is 15.2. The van der Waals surface area contributed by atoms with Crippen molar-refractivity contribution in [2.75, 3.05) is 33.2 Å². The van der Waals surface area contributed by atoms with Crippen LogP contribution in [0.1, 0.15) is 45.4 Å². The lowest BCUT2D eigenvalue weighted by molar-refractivity contribution is 0.0958. The van der Waals surface area contributed by atoms with E-state index in [4.69, 9.17) is 5.73 Å². The van der Waals surface area contributed by atoms with Gasteiger partial charge in [-0.1, -0.05) is 6.42 Å². The van der Waals surface area contributed by atoms with Crippen molar-refractivity contribution in [1.29, 1.82) is 0 Å². The zero-order chi connectivity index (χ0) is 13.0. The maximum Gasteiger partial charge on any atom is 0.0104 e. The van der Waals surface area contributed by atoms with Crippen molar-refractivity contribution in [3.8, 4) is 0 Å². The minimum atomic E-state index is 0.741. The summed E-state index contributed by atoms with van der Waals surface area (Å²) in [5.74, 6) is 0.741. The van der Waals surface area contributed by atoms with E-state index in [1.165, 1.54) is 58.2 Å². The largest absolute Gasteiger partial charge is 0.330 e. The fourth-order valence-corrected chi connectivity index (χ4v) is 3.59. The lowest BCUT2D eigenvalue weighted by atomic mass is 9.92. The second kappa shape index (κ2) is 6.88. The number of hydrogen-bond donors (Lipinski definition) is 1. The van der Waals surface area contributed by atoms with Crippen LogP contribution >= 0.6 is 0 Å². The molecule has 3 unspecified atom stereocenters. The molecular formula is C15H31N3. The van der Waals surface area contributed by atoms with E-state index in [-0.39, 0.29) is 0 Å².